The number of hydrogen-bond acceptors (Lipinski definition) is 5. The Hall–Kier alpha value is -3.09. The first-order valence-electron chi connectivity index (χ1n) is 8.02. The summed E-state index contributed by atoms with van der Waals surface area (Å²) in [7, 11) is 1.50. The predicted molar refractivity (Wildman–Crippen MR) is 92.7 cm³/mol. The van der Waals surface area contributed by atoms with Gasteiger partial charge in [-0.05, 0) is 42.8 Å². The second-order valence-corrected chi connectivity index (χ2v) is 5.28. The van der Waals surface area contributed by atoms with Gasteiger partial charge in [0.1, 0.15) is 5.82 Å². The molecular weight excluding hydrogens is 341 g/mol. The average Bonchev–Trinajstić information content (AvgIpc) is 2.65. The van der Waals surface area contributed by atoms with Gasteiger partial charge in [0.15, 0.2) is 18.1 Å². The van der Waals surface area contributed by atoms with Crippen molar-refractivity contribution >= 4 is 11.9 Å². The monoisotopic (exact) mass is 361 g/mol. The molecule has 0 saturated heterocycles. The number of methoxy groups -OCH3 is 1. The molecule has 0 radical (unpaired) electrons. The van der Waals surface area contributed by atoms with Gasteiger partial charge in [-0.3, -0.25) is 4.79 Å². The molecule has 2 aromatic carbocycles. The van der Waals surface area contributed by atoms with Crippen molar-refractivity contribution in [2.24, 2.45) is 0 Å². The van der Waals surface area contributed by atoms with Crippen LogP contribution in [-0.2, 0) is 16.1 Å². The summed E-state index contributed by atoms with van der Waals surface area (Å²) in [4.78, 5) is 23.9. The molecule has 2 aromatic rings. The molecule has 26 heavy (non-hydrogen) atoms. The van der Waals surface area contributed by atoms with E-state index in [0.717, 1.165) is 5.56 Å². The fraction of sp³-hybridized carbons (Fsp3) is 0.263. The molecule has 0 aliphatic heterocycles. The van der Waals surface area contributed by atoms with Crippen LogP contribution in [0.15, 0.2) is 42.5 Å². The molecule has 1 amide bonds. The summed E-state index contributed by atoms with van der Waals surface area (Å²) in [5.41, 5.74) is 0.989. The summed E-state index contributed by atoms with van der Waals surface area (Å²) in [6, 6.07) is 10.4. The van der Waals surface area contributed by atoms with Gasteiger partial charge in [0.2, 0.25) is 0 Å². The molecule has 6 nitrogen and oxygen atoms in total. The SMILES string of the molecule is CCOc1cc(C(=O)OCC(=O)NCc2ccc(F)cc2)ccc1OC. The van der Waals surface area contributed by atoms with Gasteiger partial charge in [0.05, 0.1) is 19.3 Å². The van der Waals surface area contributed by atoms with Crippen molar-refractivity contribution in [3.8, 4) is 11.5 Å². The van der Waals surface area contributed by atoms with Crippen molar-refractivity contribution in [1.82, 2.24) is 5.32 Å². The van der Waals surface area contributed by atoms with Crippen LogP contribution in [0.4, 0.5) is 4.39 Å². The van der Waals surface area contributed by atoms with Gasteiger partial charge < -0.3 is 19.5 Å². The fourth-order valence-corrected chi connectivity index (χ4v) is 2.14. The van der Waals surface area contributed by atoms with E-state index in [9.17, 15) is 14.0 Å². The van der Waals surface area contributed by atoms with Gasteiger partial charge in [0.25, 0.3) is 5.91 Å². The molecule has 0 unspecified atom stereocenters. The first-order valence-corrected chi connectivity index (χ1v) is 8.02. The Kier molecular flexibility index (Phi) is 6.96. The largest absolute Gasteiger partial charge is 0.493 e. The highest BCUT2D eigenvalue weighted by atomic mass is 19.1. The molecule has 0 aliphatic carbocycles. The zero-order chi connectivity index (χ0) is 18.9. The maximum atomic E-state index is 12.8. The topological polar surface area (TPSA) is 73.9 Å². The standard InChI is InChI=1S/C19H20FNO5/c1-3-25-17-10-14(6-9-16(17)24-2)19(23)26-12-18(22)21-11-13-4-7-15(20)8-5-13/h4-10H,3,11-12H2,1-2H3,(H,21,22). The lowest BCUT2D eigenvalue weighted by Crippen LogP contribution is -2.28. The molecule has 0 heterocycles. The zero-order valence-corrected chi connectivity index (χ0v) is 14.6. The molecule has 0 fully saturated rings. The Morgan fingerprint density at radius 2 is 1.81 bits per heavy atom. The van der Waals surface area contributed by atoms with Crippen molar-refractivity contribution in [1.29, 1.82) is 0 Å². The Morgan fingerprint density at radius 3 is 2.46 bits per heavy atom. The van der Waals surface area contributed by atoms with Crippen LogP contribution < -0.4 is 14.8 Å². The van der Waals surface area contributed by atoms with Crippen LogP contribution in [0.3, 0.4) is 0 Å². The summed E-state index contributed by atoms with van der Waals surface area (Å²) < 4.78 is 28.4. The number of hydrogen-bond donors (Lipinski definition) is 1. The highest BCUT2D eigenvalue weighted by Gasteiger charge is 2.14. The van der Waals surface area contributed by atoms with Crippen molar-refractivity contribution in [3.63, 3.8) is 0 Å². The maximum absolute atomic E-state index is 12.8. The molecule has 1 N–H and O–H groups in total. The lowest BCUT2D eigenvalue weighted by Gasteiger charge is -2.11. The summed E-state index contributed by atoms with van der Waals surface area (Å²) in [6.07, 6.45) is 0. The molecule has 0 bridgehead atoms. The number of benzene rings is 2. The van der Waals surface area contributed by atoms with E-state index in [1.807, 2.05) is 6.92 Å². The quantitative estimate of drug-likeness (QED) is 0.732. The van der Waals surface area contributed by atoms with Gasteiger partial charge in [-0.2, -0.15) is 0 Å². The number of carbonyl (C=O) groups is 2. The second kappa shape index (κ2) is 9.41. The van der Waals surface area contributed by atoms with Gasteiger partial charge >= 0.3 is 5.97 Å². The smallest absolute Gasteiger partial charge is 0.338 e. The first kappa shape index (κ1) is 19.2. The van der Waals surface area contributed by atoms with Crippen LogP contribution in [0.2, 0.25) is 0 Å². The van der Waals surface area contributed by atoms with Crippen LogP contribution >= 0.6 is 0 Å². The molecule has 0 atom stereocenters. The van der Waals surface area contributed by atoms with Crippen molar-refractivity contribution in [2.45, 2.75) is 13.5 Å². The van der Waals surface area contributed by atoms with Gasteiger partial charge in [-0.15, -0.1) is 0 Å². The second-order valence-electron chi connectivity index (χ2n) is 5.28. The summed E-state index contributed by atoms with van der Waals surface area (Å²) in [5, 5.41) is 2.59. The number of halogens is 1. The van der Waals surface area contributed by atoms with E-state index in [1.54, 1.807) is 18.2 Å². The van der Waals surface area contributed by atoms with Crippen LogP contribution in [-0.4, -0.2) is 32.2 Å². The number of ether oxygens (including phenoxy) is 3. The normalized spacial score (nSPS) is 10.1. The number of nitrogens with one attached hydrogen (secondary N) is 1. The van der Waals surface area contributed by atoms with Gasteiger partial charge in [-0.1, -0.05) is 12.1 Å². The summed E-state index contributed by atoms with van der Waals surface area (Å²) in [6.45, 7) is 2.03. The van der Waals surface area contributed by atoms with E-state index < -0.39 is 18.5 Å². The highest BCUT2D eigenvalue weighted by molar-refractivity contribution is 5.92. The third-order valence-corrected chi connectivity index (χ3v) is 3.44. The Labute approximate surface area is 150 Å². The molecule has 2 rings (SSSR count). The molecule has 0 spiro atoms. The van der Waals surface area contributed by atoms with Crippen LogP contribution in [0.25, 0.3) is 0 Å². The third kappa shape index (κ3) is 5.47. The van der Waals surface area contributed by atoms with Crippen molar-refractivity contribution in [2.75, 3.05) is 20.3 Å². The Bertz CT molecular complexity index is 761. The lowest BCUT2D eigenvalue weighted by atomic mass is 10.2. The van der Waals surface area contributed by atoms with E-state index in [4.69, 9.17) is 14.2 Å². The van der Waals surface area contributed by atoms with Gasteiger partial charge in [0, 0.05) is 6.54 Å². The lowest BCUT2D eigenvalue weighted by molar-refractivity contribution is -0.124. The number of carbonyl (C=O) groups excluding carboxylic acids is 2. The fourth-order valence-electron chi connectivity index (χ4n) is 2.14. The molecule has 0 aliphatic rings. The molecule has 7 heteroatoms. The van der Waals surface area contributed by atoms with E-state index >= 15 is 0 Å². The van der Waals surface area contributed by atoms with Gasteiger partial charge in [-0.25, -0.2) is 9.18 Å². The Balaban J connectivity index is 1.86. The minimum atomic E-state index is -0.648. The molecular formula is C19H20FNO5. The zero-order valence-electron chi connectivity index (χ0n) is 14.6. The third-order valence-electron chi connectivity index (χ3n) is 3.44. The van der Waals surface area contributed by atoms with Crippen LogP contribution in [0, 0.1) is 5.82 Å². The van der Waals surface area contributed by atoms with E-state index in [2.05, 4.69) is 5.32 Å². The summed E-state index contributed by atoms with van der Waals surface area (Å²) >= 11 is 0. The van der Waals surface area contributed by atoms with E-state index in [1.165, 1.54) is 31.4 Å². The van der Waals surface area contributed by atoms with Crippen molar-refractivity contribution in [3.05, 3.63) is 59.4 Å². The molecule has 0 aromatic heterocycles. The summed E-state index contributed by atoms with van der Waals surface area (Å²) in [5.74, 6) is -0.530. The highest BCUT2D eigenvalue weighted by Crippen LogP contribution is 2.28. The minimum absolute atomic E-state index is 0.216. The van der Waals surface area contributed by atoms with E-state index in [-0.39, 0.29) is 17.9 Å². The minimum Gasteiger partial charge on any atom is -0.493 e. The molecule has 0 saturated carbocycles. The number of amides is 1. The Morgan fingerprint density at radius 1 is 1.08 bits per heavy atom. The van der Waals surface area contributed by atoms with Crippen LogP contribution in [0.5, 0.6) is 11.5 Å². The van der Waals surface area contributed by atoms with E-state index in [0.29, 0.717) is 18.1 Å². The predicted octanol–water partition coefficient (Wildman–Crippen LogP) is 2.71. The number of esters is 1. The molecule has 138 valence electrons. The first-order chi connectivity index (χ1) is 12.5. The maximum Gasteiger partial charge on any atom is 0.338 e. The van der Waals surface area contributed by atoms with Crippen LogP contribution in [0.1, 0.15) is 22.8 Å². The number of rotatable bonds is 8. The van der Waals surface area contributed by atoms with Crippen molar-refractivity contribution < 1.29 is 28.2 Å². The average molecular weight is 361 g/mol.